The van der Waals surface area contributed by atoms with Crippen molar-refractivity contribution in [3.63, 3.8) is 0 Å². The first kappa shape index (κ1) is 16.5. The lowest BCUT2D eigenvalue weighted by Gasteiger charge is -2.19. The molecule has 0 unspecified atom stereocenters. The fourth-order valence-corrected chi connectivity index (χ4v) is 1.92. The summed E-state index contributed by atoms with van der Waals surface area (Å²) < 4.78 is 5.71. The predicted molar refractivity (Wildman–Crippen MR) is 74.6 cm³/mol. The lowest BCUT2D eigenvalue weighted by Crippen LogP contribution is -2.30. The van der Waals surface area contributed by atoms with Gasteiger partial charge in [-0.25, -0.2) is 0 Å². The maximum atomic E-state index is 5.71. The van der Waals surface area contributed by atoms with E-state index in [0.29, 0.717) is 6.04 Å². The zero-order valence-electron chi connectivity index (χ0n) is 10.3. The van der Waals surface area contributed by atoms with Crippen LogP contribution in [0.4, 0.5) is 0 Å². The number of hydrogen-bond donors (Lipinski definition) is 0. The Labute approximate surface area is 115 Å². The third-order valence-electron chi connectivity index (χ3n) is 3.00. The molecular formula is C12H20Cl2N2O. The van der Waals surface area contributed by atoms with Crippen LogP contribution in [-0.2, 0) is 0 Å². The number of likely N-dealkylation sites (N-methyl/N-ethyl adjacent to an activating group) is 1. The Morgan fingerprint density at radius 1 is 1.41 bits per heavy atom. The molecule has 2 rings (SSSR count). The van der Waals surface area contributed by atoms with Crippen molar-refractivity contribution in [2.45, 2.75) is 25.8 Å². The summed E-state index contributed by atoms with van der Waals surface area (Å²) in [7, 11) is 2.16. The van der Waals surface area contributed by atoms with Crippen molar-refractivity contribution in [2.24, 2.45) is 0 Å². The van der Waals surface area contributed by atoms with E-state index in [0.717, 1.165) is 18.1 Å². The van der Waals surface area contributed by atoms with Gasteiger partial charge in [-0.05, 0) is 45.5 Å². The molecule has 0 radical (unpaired) electrons. The minimum absolute atomic E-state index is 0. The molecule has 5 heteroatoms. The average molecular weight is 279 g/mol. The fourth-order valence-electron chi connectivity index (χ4n) is 1.92. The van der Waals surface area contributed by atoms with Crippen LogP contribution in [0.25, 0.3) is 0 Å². The Balaban J connectivity index is 0.00000128. The summed E-state index contributed by atoms with van der Waals surface area (Å²) in [6.07, 6.45) is 4.33. The highest BCUT2D eigenvalue weighted by Crippen LogP contribution is 2.16. The number of ether oxygens (including phenoxy) is 1. The van der Waals surface area contributed by atoms with E-state index in [4.69, 9.17) is 4.74 Å². The second-order valence-electron chi connectivity index (χ2n) is 4.22. The van der Waals surface area contributed by atoms with Crippen molar-refractivity contribution in [1.82, 2.24) is 9.88 Å². The molecule has 0 bridgehead atoms. The molecule has 1 aromatic heterocycles. The third kappa shape index (κ3) is 4.70. The number of hydrogen-bond acceptors (Lipinski definition) is 3. The summed E-state index contributed by atoms with van der Waals surface area (Å²) in [5.74, 6) is 0.876. The van der Waals surface area contributed by atoms with E-state index in [-0.39, 0.29) is 24.8 Å². The first-order valence-electron chi connectivity index (χ1n) is 5.51. The van der Waals surface area contributed by atoms with Crippen LogP contribution in [-0.4, -0.2) is 36.1 Å². The Bertz CT molecular complexity index is 319. The van der Waals surface area contributed by atoms with Crippen LogP contribution >= 0.6 is 24.8 Å². The highest BCUT2D eigenvalue weighted by Gasteiger charge is 2.21. The van der Waals surface area contributed by atoms with E-state index >= 15 is 0 Å². The molecule has 0 aromatic carbocycles. The van der Waals surface area contributed by atoms with Crippen molar-refractivity contribution >= 4 is 24.8 Å². The van der Waals surface area contributed by atoms with Crippen LogP contribution in [0.2, 0.25) is 0 Å². The molecule has 17 heavy (non-hydrogen) atoms. The Morgan fingerprint density at radius 2 is 2.18 bits per heavy atom. The molecular weight excluding hydrogens is 259 g/mol. The van der Waals surface area contributed by atoms with Gasteiger partial charge in [0.1, 0.15) is 12.4 Å². The fraction of sp³-hybridized carbons (Fsp3) is 0.583. The molecule has 0 aliphatic carbocycles. The monoisotopic (exact) mass is 278 g/mol. The molecule has 1 aliphatic heterocycles. The molecule has 0 N–H and O–H groups in total. The highest BCUT2D eigenvalue weighted by atomic mass is 35.5. The number of rotatable bonds is 3. The molecule has 98 valence electrons. The van der Waals surface area contributed by atoms with Crippen molar-refractivity contribution in [3.05, 3.63) is 24.0 Å². The zero-order valence-corrected chi connectivity index (χ0v) is 11.9. The van der Waals surface area contributed by atoms with Crippen LogP contribution in [0, 0.1) is 6.92 Å². The first-order valence-corrected chi connectivity index (χ1v) is 5.51. The van der Waals surface area contributed by atoms with Gasteiger partial charge in [0.2, 0.25) is 0 Å². The van der Waals surface area contributed by atoms with E-state index in [1.54, 1.807) is 6.20 Å². The Hall–Kier alpha value is -0.510. The normalized spacial score (nSPS) is 19.3. The molecule has 1 aromatic rings. The van der Waals surface area contributed by atoms with Crippen molar-refractivity contribution in [2.75, 3.05) is 20.2 Å². The van der Waals surface area contributed by atoms with Crippen molar-refractivity contribution < 1.29 is 4.74 Å². The van der Waals surface area contributed by atoms with Crippen molar-refractivity contribution in [1.29, 1.82) is 0 Å². The lowest BCUT2D eigenvalue weighted by molar-refractivity contribution is 0.198. The molecule has 0 spiro atoms. The molecule has 0 amide bonds. The number of pyridine rings is 1. The molecule has 3 nitrogen and oxygen atoms in total. The van der Waals surface area contributed by atoms with Gasteiger partial charge in [0.15, 0.2) is 0 Å². The molecule has 0 saturated carbocycles. The number of halogens is 2. The smallest absolute Gasteiger partial charge is 0.137 e. The van der Waals surface area contributed by atoms with Gasteiger partial charge in [0.05, 0.1) is 6.20 Å². The van der Waals surface area contributed by atoms with E-state index in [9.17, 15) is 0 Å². The second-order valence-corrected chi connectivity index (χ2v) is 4.22. The largest absolute Gasteiger partial charge is 0.490 e. The molecule has 1 fully saturated rings. The summed E-state index contributed by atoms with van der Waals surface area (Å²) in [6, 6.07) is 4.54. The SMILES string of the molecule is Cc1ccc(OC[C@@H]2CCCN2C)cn1.Cl.Cl. The number of aromatic nitrogens is 1. The Kier molecular flexibility index (Phi) is 7.51. The van der Waals surface area contributed by atoms with Gasteiger partial charge in [-0.3, -0.25) is 4.98 Å². The zero-order chi connectivity index (χ0) is 10.7. The number of nitrogens with zero attached hydrogens (tertiary/aromatic N) is 2. The summed E-state index contributed by atoms with van der Waals surface area (Å²) in [5, 5.41) is 0. The number of likely N-dealkylation sites (tertiary alicyclic amines) is 1. The number of aryl methyl sites for hydroxylation is 1. The lowest BCUT2D eigenvalue weighted by atomic mass is 10.2. The topological polar surface area (TPSA) is 25.4 Å². The molecule has 1 saturated heterocycles. The average Bonchev–Trinajstić information content (AvgIpc) is 2.63. The van der Waals surface area contributed by atoms with Crippen LogP contribution in [0.3, 0.4) is 0 Å². The minimum Gasteiger partial charge on any atom is -0.490 e. The van der Waals surface area contributed by atoms with Crippen LogP contribution in [0.1, 0.15) is 18.5 Å². The standard InChI is InChI=1S/C12H18N2O.2ClH/c1-10-5-6-12(8-13-10)15-9-11-4-3-7-14(11)2;;/h5-6,8,11H,3-4,7,9H2,1-2H3;2*1H/t11-;;/m0../s1. The summed E-state index contributed by atoms with van der Waals surface area (Å²) in [5.41, 5.74) is 1.03. The highest BCUT2D eigenvalue weighted by molar-refractivity contribution is 5.85. The summed E-state index contributed by atoms with van der Waals surface area (Å²) in [4.78, 5) is 6.57. The predicted octanol–water partition coefficient (Wildman–Crippen LogP) is 2.71. The van der Waals surface area contributed by atoms with Crippen LogP contribution < -0.4 is 4.74 Å². The van der Waals surface area contributed by atoms with Gasteiger partial charge < -0.3 is 9.64 Å². The van der Waals surface area contributed by atoms with Gasteiger partial charge >= 0.3 is 0 Å². The van der Waals surface area contributed by atoms with Gasteiger partial charge in [0, 0.05) is 11.7 Å². The maximum absolute atomic E-state index is 5.71. The van der Waals surface area contributed by atoms with Gasteiger partial charge in [-0.1, -0.05) is 0 Å². The second kappa shape index (κ2) is 7.75. The van der Waals surface area contributed by atoms with Gasteiger partial charge in [-0.2, -0.15) is 0 Å². The molecule has 1 aliphatic rings. The quantitative estimate of drug-likeness (QED) is 0.850. The first-order chi connectivity index (χ1) is 7.25. The van der Waals surface area contributed by atoms with Crippen LogP contribution in [0.5, 0.6) is 5.75 Å². The summed E-state index contributed by atoms with van der Waals surface area (Å²) in [6.45, 7) is 3.95. The minimum atomic E-state index is 0. The van der Waals surface area contributed by atoms with E-state index < -0.39 is 0 Å². The molecule has 1 atom stereocenters. The van der Waals surface area contributed by atoms with E-state index in [1.807, 2.05) is 19.1 Å². The Morgan fingerprint density at radius 3 is 2.71 bits per heavy atom. The maximum Gasteiger partial charge on any atom is 0.137 e. The van der Waals surface area contributed by atoms with Gasteiger partial charge in [0.25, 0.3) is 0 Å². The van der Waals surface area contributed by atoms with E-state index in [2.05, 4.69) is 16.9 Å². The molecule has 2 heterocycles. The van der Waals surface area contributed by atoms with Gasteiger partial charge in [-0.15, -0.1) is 24.8 Å². The van der Waals surface area contributed by atoms with E-state index in [1.165, 1.54) is 19.4 Å². The van der Waals surface area contributed by atoms with Crippen molar-refractivity contribution in [3.8, 4) is 5.75 Å². The third-order valence-corrected chi connectivity index (χ3v) is 3.00. The van der Waals surface area contributed by atoms with Crippen LogP contribution in [0.15, 0.2) is 18.3 Å². The summed E-state index contributed by atoms with van der Waals surface area (Å²) >= 11 is 0.